The second-order valence-corrected chi connectivity index (χ2v) is 22.4. The minimum absolute atomic E-state index is 0.0460. The zero-order valence-corrected chi connectivity index (χ0v) is 31.9. The SMILES string of the molecule is Cc1cc(C)c(-c2cccc(-c3c(C)cc(C)cc3C)c2P=[SiH]N(c2c(C(C)C)cccc2C(C)C)[Si](C)(C)C)c(C)c1. The number of para-hydroxylation sites is 1. The van der Waals surface area contributed by atoms with Crippen LogP contribution >= 0.6 is 7.72 Å². The van der Waals surface area contributed by atoms with Crippen molar-refractivity contribution >= 4 is 35.9 Å². The standard InChI is InChI=1S/C39H52NPSi2/c1-24(2)32-16-14-17-33(25(3)4)38(32)40(43(11,12)13)42-41-39-34(36-28(7)20-26(5)21-29(36)8)18-15-19-35(39)37-30(9)22-27(6)23-31(37)10/h14-25,42H,1-13H3. The molecule has 0 spiro atoms. The molecule has 0 amide bonds. The summed E-state index contributed by atoms with van der Waals surface area (Å²) in [6.45, 7) is 30.6. The molecule has 0 aliphatic rings. The van der Waals surface area contributed by atoms with Gasteiger partial charge in [-0.05, 0) is 109 Å². The van der Waals surface area contributed by atoms with Crippen molar-refractivity contribution in [3.8, 4) is 22.3 Å². The van der Waals surface area contributed by atoms with Gasteiger partial charge in [-0.15, -0.1) is 0 Å². The molecular weight excluding hydrogens is 570 g/mol. The van der Waals surface area contributed by atoms with Gasteiger partial charge in [0, 0.05) is 11.0 Å². The van der Waals surface area contributed by atoms with Gasteiger partial charge < -0.3 is 4.23 Å². The van der Waals surface area contributed by atoms with Crippen LogP contribution in [0.2, 0.25) is 19.6 Å². The van der Waals surface area contributed by atoms with Crippen LogP contribution in [0, 0.1) is 41.5 Å². The molecule has 0 atom stereocenters. The van der Waals surface area contributed by atoms with E-state index in [1.165, 1.54) is 85.5 Å². The normalized spacial score (nSPS) is 12.2. The molecule has 4 heteroatoms. The summed E-state index contributed by atoms with van der Waals surface area (Å²) < 4.78 is 2.92. The fraction of sp³-hybridized carbons (Fsp3) is 0.385. The molecule has 226 valence electrons. The van der Waals surface area contributed by atoms with Crippen molar-refractivity contribution in [2.24, 2.45) is 0 Å². The number of rotatable bonds is 8. The minimum Gasteiger partial charge on any atom is -0.404 e. The number of nitrogens with zero attached hydrogens (tertiary/aromatic N) is 1. The molecule has 4 rings (SSSR count). The Hall–Kier alpha value is -2.59. The zero-order valence-electron chi connectivity index (χ0n) is 28.9. The molecule has 0 aromatic heterocycles. The van der Waals surface area contributed by atoms with Crippen LogP contribution in [0.4, 0.5) is 5.69 Å². The van der Waals surface area contributed by atoms with Crippen LogP contribution in [0.15, 0.2) is 60.7 Å². The molecule has 4 aromatic rings. The molecule has 43 heavy (non-hydrogen) atoms. The van der Waals surface area contributed by atoms with Gasteiger partial charge in [0.25, 0.3) is 0 Å². The molecule has 0 N–H and O–H groups in total. The molecule has 0 aliphatic carbocycles. The quantitative estimate of drug-likeness (QED) is 0.140. The van der Waals surface area contributed by atoms with Gasteiger partial charge in [0.2, 0.25) is 0 Å². The van der Waals surface area contributed by atoms with Crippen molar-refractivity contribution in [2.45, 2.75) is 101 Å². The summed E-state index contributed by atoms with van der Waals surface area (Å²) in [5.74, 6) is 0.976. The van der Waals surface area contributed by atoms with Crippen LogP contribution in [0.3, 0.4) is 0 Å². The second-order valence-electron chi connectivity index (χ2n) is 14.1. The molecule has 0 unspecified atom stereocenters. The third-order valence-corrected chi connectivity index (χ3v) is 16.7. The maximum atomic E-state index is 2.92. The monoisotopic (exact) mass is 621 g/mol. The Morgan fingerprint density at radius 2 is 0.977 bits per heavy atom. The summed E-state index contributed by atoms with van der Waals surface area (Å²) >= 11 is 0. The molecule has 0 heterocycles. The summed E-state index contributed by atoms with van der Waals surface area (Å²) in [4.78, 5) is 0. The summed E-state index contributed by atoms with van der Waals surface area (Å²) in [5, 5.41) is 1.49. The van der Waals surface area contributed by atoms with Crippen molar-refractivity contribution in [1.82, 2.24) is 0 Å². The van der Waals surface area contributed by atoms with Crippen LogP contribution in [-0.2, 0) is 0 Å². The molecule has 0 fully saturated rings. The highest BCUT2D eigenvalue weighted by Gasteiger charge is 2.28. The molecule has 0 radical (unpaired) electrons. The van der Waals surface area contributed by atoms with Crippen molar-refractivity contribution in [2.75, 3.05) is 4.23 Å². The third-order valence-electron chi connectivity index (χ3n) is 8.54. The van der Waals surface area contributed by atoms with E-state index in [2.05, 4.69) is 154 Å². The second kappa shape index (κ2) is 13.2. The van der Waals surface area contributed by atoms with E-state index in [0.717, 1.165) is 0 Å². The Labute approximate surface area is 267 Å². The average molecular weight is 622 g/mol. The first-order valence-corrected chi connectivity index (χ1v) is 22.3. The number of aryl methyl sites for hydroxylation is 6. The Morgan fingerprint density at radius 1 is 0.605 bits per heavy atom. The van der Waals surface area contributed by atoms with E-state index in [0.29, 0.717) is 11.8 Å². The Kier molecular flexibility index (Phi) is 10.2. The largest absolute Gasteiger partial charge is 0.404 e. The van der Waals surface area contributed by atoms with Gasteiger partial charge in [-0.1, -0.05) is 127 Å². The summed E-state index contributed by atoms with van der Waals surface area (Å²) in [5.41, 5.74) is 18.3. The van der Waals surface area contributed by atoms with E-state index in [4.69, 9.17) is 0 Å². The lowest BCUT2D eigenvalue weighted by Crippen LogP contribution is -2.47. The van der Waals surface area contributed by atoms with Crippen LogP contribution in [0.5, 0.6) is 0 Å². The predicted molar refractivity (Wildman–Crippen MR) is 200 cm³/mol. The van der Waals surface area contributed by atoms with Gasteiger partial charge in [0.1, 0.15) is 17.2 Å². The van der Waals surface area contributed by atoms with E-state index < -0.39 is 8.24 Å². The topological polar surface area (TPSA) is 3.24 Å². The zero-order chi connectivity index (χ0) is 31.8. The maximum absolute atomic E-state index is 2.92. The molecule has 4 aromatic carbocycles. The molecule has 0 bridgehead atoms. The number of hydrogen-bond acceptors (Lipinski definition) is 0. The van der Waals surface area contributed by atoms with Gasteiger partial charge in [-0.2, -0.15) is 0 Å². The number of anilines is 1. The van der Waals surface area contributed by atoms with Crippen molar-refractivity contribution in [3.05, 3.63) is 105 Å². The Morgan fingerprint density at radius 3 is 1.33 bits per heavy atom. The molecular formula is C39H52NPSi2. The highest BCUT2D eigenvalue weighted by molar-refractivity contribution is 7.57. The molecule has 0 aliphatic heterocycles. The molecule has 0 saturated carbocycles. The summed E-state index contributed by atoms with van der Waals surface area (Å²) in [6, 6.07) is 23.5. The minimum atomic E-state index is -1.72. The third kappa shape index (κ3) is 7.06. The van der Waals surface area contributed by atoms with Crippen molar-refractivity contribution in [1.29, 1.82) is 0 Å². The first-order valence-electron chi connectivity index (χ1n) is 15.9. The lowest BCUT2D eigenvalue weighted by Gasteiger charge is -2.38. The van der Waals surface area contributed by atoms with Gasteiger partial charge in [-0.3, -0.25) is 0 Å². The van der Waals surface area contributed by atoms with E-state index in [1.54, 1.807) is 0 Å². The fourth-order valence-corrected chi connectivity index (χ4v) is 15.9. The fourth-order valence-electron chi connectivity index (χ4n) is 6.77. The first kappa shape index (κ1) is 33.3. The number of hydrogen-bond donors (Lipinski definition) is 0. The molecule has 1 nitrogen and oxygen atoms in total. The Bertz CT molecular complexity index is 1530. The highest BCUT2D eigenvalue weighted by atomic mass is 31.2. The predicted octanol–water partition coefficient (Wildman–Crippen LogP) is 11.3. The average Bonchev–Trinajstić information content (AvgIpc) is 2.87. The van der Waals surface area contributed by atoms with E-state index in [1.807, 2.05) is 0 Å². The van der Waals surface area contributed by atoms with Crippen LogP contribution < -0.4 is 9.54 Å². The van der Waals surface area contributed by atoms with Crippen LogP contribution in [0.1, 0.15) is 84.0 Å². The Balaban J connectivity index is 2.09. The van der Waals surface area contributed by atoms with Gasteiger partial charge in [0.15, 0.2) is 0 Å². The van der Waals surface area contributed by atoms with E-state index >= 15 is 0 Å². The highest BCUT2D eigenvalue weighted by Crippen LogP contribution is 2.39. The smallest absolute Gasteiger partial charge is 0.143 e. The summed E-state index contributed by atoms with van der Waals surface area (Å²) in [7, 11) is -0.342. The van der Waals surface area contributed by atoms with Crippen molar-refractivity contribution < 1.29 is 0 Å². The van der Waals surface area contributed by atoms with Gasteiger partial charge in [-0.25, -0.2) is 0 Å². The lowest BCUT2D eigenvalue weighted by molar-refractivity contribution is 0.835. The van der Waals surface area contributed by atoms with E-state index in [-0.39, 0.29) is 8.93 Å². The molecule has 0 saturated heterocycles. The van der Waals surface area contributed by atoms with E-state index in [9.17, 15) is 0 Å². The lowest BCUT2D eigenvalue weighted by atomic mass is 9.89. The maximum Gasteiger partial charge on any atom is 0.143 e. The summed E-state index contributed by atoms with van der Waals surface area (Å²) in [6.07, 6.45) is 0. The first-order chi connectivity index (χ1) is 20.1. The van der Waals surface area contributed by atoms with Gasteiger partial charge >= 0.3 is 0 Å². The van der Waals surface area contributed by atoms with Crippen LogP contribution in [0.25, 0.3) is 22.3 Å². The van der Waals surface area contributed by atoms with Crippen molar-refractivity contribution in [3.63, 3.8) is 0 Å². The van der Waals surface area contributed by atoms with Gasteiger partial charge in [0.05, 0.1) is 0 Å². The number of benzene rings is 4. The van der Waals surface area contributed by atoms with Crippen LogP contribution in [-0.4, -0.2) is 17.2 Å².